The maximum absolute atomic E-state index is 11.0. The lowest BCUT2D eigenvalue weighted by molar-refractivity contribution is 0.0534. The molecule has 2 atom stereocenters. The van der Waals surface area contributed by atoms with Crippen LogP contribution in [0.1, 0.15) is 51.0 Å². The summed E-state index contributed by atoms with van der Waals surface area (Å²) in [5.41, 5.74) is 8.13. The van der Waals surface area contributed by atoms with Crippen LogP contribution in [0.15, 0.2) is 24.8 Å². The number of nitrogens with one attached hydrogen (secondary N) is 1. The summed E-state index contributed by atoms with van der Waals surface area (Å²) in [6, 6.07) is 4.00. The molecule has 34 heavy (non-hydrogen) atoms. The lowest BCUT2D eigenvalue weighted by Gasteiger charge is -2.13. The number of imidazole rings is 1. The Bertz CT molecular complexity index is 1140. The van der Waals surface area contributed by atoms with Gasteiger partial charge in [0.05, 0.1) is 48.2 Å². The number of unbranched alkanes of at least 4 members (excludes halogenated alkanes) is 5. The number of nitrogens with two attached hydrogens (primary N) is 1. The number of phosphoric acid groups is 1. The van der Waals surface area contributed by atoms with Crippen LogP contribution in [0.5, 0.6) is 0 Å². The van der Waals surface area contributed by atoms with E-state index in [0.29, 0.717) is 13.0 Å². The monoisotopic (exact) mass is 492 g/mol. The van der Waals surface area contributed by atoms with Crippen LogP contribution in [-0.2, 0) is 13.8 Å². The van der Waals surface area contributed by atoms with Crippen molar-refractivity contribution in [2.24, 2.45) is 5.73 Å². The van der Waals surface area contributed by atoms with Gasteiger partial charge >= 0.3 is 7.82 Å². The Morgan fingerprint density at radius 2 is 1.91 bits per heavy atom. The molecule has 1 aliphatic rings. The maximum Gasteiger partial charge on any atom is 0.469 e. The first kappa shape index (κ1) is 25.0. The molecule has 0 amide bonds. The smallest absolute Gasteiger partial charge is 0.374 e. The van der Waals surface area contributed by atoms with Gasteiger partial charge in [-0.05, 0) is 37.9 Å². The first-order valence-corrected chi connectivity index (χ1v) is 13.3. The Morgan fingerprint density at radius 3 is 2.71 bits per heavy atom. The van der Waals surface area contributed by atoms with Gasteiger partial charge in [0.15, 0.2) is 0 Å². The normalized spacial score (nSPS) is 18.8. The minimum absolute atomic E-state index is 0.00268. The van der Waals surface area contributed by atoms with Crippen molar-refractivity contribution in [3.63, 3.8) is 0 Å². The van der Waals surface area contributed by atoms with E-state index in [-0.39, 0.29) is 18.8 Å². The minimum atomic E-state index is -4.51. The summed E-state index contributed by atoms with van der Waals surface area (Å²) >= 11 is 0. The van der Waals surface area contributed by atoms with Gasteiger partial charge in [-0.3, -0.25) is 4.52 Å². The van der Waals surface area contributed by atoms with Gasteiger partial charge in [0.1, 0.15) is 12.1 Å². The van der Waals surface area contributed by atoms with Gasteiger partial charge in [-0.15, -0.1) is 0 Å². The standard InChI is InChI=1S/C22H33N6O5P/c23-7-5-3-1-2-4-6-8-24-22-18-10-20-21(11-19(18)25-14-26-22)28(15-27-20)16-9-17(32-12-16)13-33-34(29,30)31/h10-11,14-17H,1-9,12-13,23H2,(H,24,25,26)(H2,29,30,31)/t16-,17-/m0/s1. The number of nitrogens with zero attached hydrogens (tertiary/aromatic N) is 4. The number of fused-ring (bicyclic) bond motifs is 2. The average Bonchev–Trinajstić information content (AvgIpc) is 3.44. The minimum Gasteiger partial charge on any atom is -0.374 e. The highest BCUT2D eigenvalue weighted by atomic mass is 31.2. The Kier molecular flexibility index (Phi) is 8.46. The first-order valence-electron chi connectivity index (χ1n) is 11.8. The number of ether oxygens (including phenoxy) is 1. The number of rotatable bonds is 13. The summed E-state index contributed by atoms with van der Waals surface area (Å²) in [7, 11) is -4.51. The van der Waals surface area contributed by atoms with E-state index in [1.54, 1.807) is 12.7 Å². The molecule has 1 aromatic carbocycles. The predicted molar refractivity (Wildman–Crippen MR) is 129 cm³/mol. The molecule has 3 heterocycles. The van der Waals surface area contributed by atoms with Crippen LogP contribution in [0.3, 0.4) is 0 Å². The lowest BCUT2D eigenvalue weighted by Crippen LogP contribution is -2.13. The lowest BCUT2D eigenvalue weighted by atomic mass is 10.1. The molecule has 4 rings (SSSR count). The predicted octanol–water partition coefficient (Wildman–Crippen LogP) is 3.13. The van der Waals surface area contributed by atoms with Crippen molar-refractivity contribution in [2.75, 3.05) is 31.6 Å². The molecule has 0 unspecified atom stereocenters. The molecule has 0 bridgehead atoms. The van der Waals surface area contributed by atoms with E-state index in [2.05, 4.69) is 24.8 Å². The van der Waals surface area contributed by atoms with Crippen LogP contribution in [-0.4, -0.2) is 61.7 Å². The van der Waals surface area contributed by atoms with Gasteiger partial charge in [0.2, 0.25) is 0 Å². The highest BCUT2D eigenvalue weighted by Gasteiger charge is 2.30. The van der Waals surface area contributed by atoms with Crippen LogP contribution in [0.25, 0.3) is 21.9 Å². The zero-order valence-corrected chi connectivity index (χ0v) is 20.1. The van der Waals surface area contributed by atoms with Crippen molar-refractivity contribution in [3.05, 3.63) is 24.8 Å². The van der Waals surface area contributed by atoms with Gasteiger partial charge in [-0.2, -0.15) is 0 Å². The highest BCUT2D eigenvalue weighted by Crippen LogP contribution is 2.38. The Labute approximate surface area is 198 Å². The maximum atomic E-state index is 11.0. The van der Waals surface area contributed by atoms with Crippen molar-refractivity contribution >= 4 is 35.6 Å². The molecule has 186 valence electrons. The number of anilines is 1. The van der Waals surface area contributed by atoms with E-state index in [0.717, 1.165) is 53.7 Å². The number of hydrogen-bond acceptors (Lipinski definition) is 8. The molecule has 11 nitrogen and oxygen atoms in total. The Balaban J connectivity index is 1.39. The van der Waals surface area contributed by atoms with Gasteiger partial charge < -0.3 is 30.1 Å². The van der Waals surface area contributed by atoms with Gasteiger partial charge in [0.25, 0.3) is 0 Å². The van der Waals surface area contributed by atoms with Gasteiger partial charge in [-0.25, -0.2) is 19.5 Å². The molecule has 5 N–H and O–H groups in total. The van der Waals surface area contributed by atoms with Crippen molar-refractivity contribution in [3.8, 4) is 0 Å². The second-order valence-electron chi connectivity index (χ2n) is 8.70. The number of hydrogen-bond donors (Lipinski definition) is 4. The van der Waals surface area contributed by atoms with Crippen molar-refractivity contribution in [1.82, 2.24) is 19.5 Å². The quantitative estimate of drug-likeness (QED) is 0.206. The SMILES string of the molecule is NCCCCCCCCNc1ncnc2cc3c(cc12)ncn3[C@@H]1CO[C@H](COP(=O)(O)O)C1. The third-order valence-electron chi connectivity index (χ3n) is 6.14. The largest absolute Gasteiger partial charge is 0.469 e. The number of phosphoric ester groups is 1. The molecular formula is C22H33N6O5P. The first-order chi connectivity index (χ1) is 16.4. The fourth-order valence-corrected chi connectivity index (χ4v) is 4.73. The van der Waals surface area contributed by atoms with Crippen LogP contribution in [0.4, 0.5) is 5.82 Å². The summed E-state index contributed by atoms with van der Waals surface area (Å²) in [4.78, 5) is 31.3. The van der Waals surface area contributed by atoms with Crippen LogP contribution >= 0.6 is 7.82 Å². The van der Waals surface area contributed by atoms with E-state index < -0.39 is 7.82 Å². The molecule has 0 aliphatic carbocycles. The second-order valence-corrected chi connectivity index (χ2v) is 9.94. The van der Waals surface area contributed by atoms with E-state index in [1.165, 1.54) is 25.7 Å². The molecule has 0 radical (unpaired) electrons. The van der Waals surface area contributed by atoms with Gasteiger partial charge in [0, 0.05) is 11.9 Å². The topological polar surface area (TPSA) is 158 Å². The molecule has 0 spiro atoms. The molecule has 2 aromatic heterocycles. The van der Waals surface area contributed by atoms with Crippen LogP contribution < -0.4 is 11.1 Å². The molecule has 0 saturated carbocycles. The zero-order chi connectivity index (χ0) is 24.0. The second kappa shape index (κ2) is 11.5. The summed E-state index contributed by atoms with van der Waals surface area (Å²) in [6.07, 6.45) is 10.6. The van der Waals surface area contributed by atoms with Crippen molar-refractivity contribution in [1.29, 1.82) is 0 Å². The zero-order valence-electron chi connectivity index (χ0n) is 19.2. The molecular weight excluding hydrogens is 459 g/mol. The summed E-state index contributed by atoms with van der Waals surface area (Å²) < 4.78 is 23.3. The van der Waals surface area contributed by atoms with Crippen LogP contribution in [0, 0.1) is 0 Å². The molecule has 1 fully saturated rings. The fourth-order valence-electron chi connectivity index (χ4n) is 4.37. The van der Waals surface area contributed by atoms with Crippen molar-refractivity contribution < 1.29 is 23.6 Å². The third-order valence-corrected chi connectivity index (χ3v) is 6.62. The molecule has 1 aliphatic heterocycles. The summed E-state index contributed by atoms with van der Waals surface area (Å²) in [6.45, 7) is 1.90. The molecule has 1 saturated heterocycles. The molecule has 12 heteroatoms. The summed E-state index contributed by atoms with van der Waals surface area (Å²) in [5.74, 6) is 0.809. The fraction of sp³-hybridized carbons (Fsp3) is 0.591. The number of benzene rings is 1. The summed E-state index contributed by atoms with van der Waals surface area (Å²) in [5, 5.41) is 4.37. The van der Waals surface area contributed by atoms with E-state index in [1.807, 2.05) is 16.7 Å². The Morgan fingerprint density at radius 1 is 1.12 bits per heavy atom. The Hall–Kier alpha value is -2.14. The van der Waals surface area contributed by atoms with Crippen molar-refractivity contribution in [2.45, 2.75) is 57.1 Å². The van der Waals surface area contributed by atoms with Gasteiger partial charge in [-0.1, -0.05) is 25.7 Å². The van der Waals surface area contributed by atoms with E-state index >= 15 is 0 Å². The van der Waals surface area contributed by atoms with Crippen LogP contribution in [0.2, 0.25) is 0 Å². The molecule has 3 aromatic rings. The third kappa shape index (κ3) is 6.50. The highest BCUT2D eigenvalue weighted by molar-refractivity contribution is 7.46. The van der Waals surface area contributed by atoms with E-state index in [4.69, 9.17) is 20.3 Å². The van der Waals surface area contributed by atoms with E-state index in [9.17, 15) is 4.57 Å². The number of aromatic nitrogens is 4. The average molecular weight is 493 g/mol.